The lowest BCUT2D eigenvalue weighted by molar-refractivity contribution is -0.119. The second-order valence-corrected chi connectivity index (χ2v) is 11.6. The average Bonchev–Trinajstić information content (AvgIpc) is 3.37. The number of aryl methyl sites for hydroxylation is 2. The summed E-state index contributed by atoms with van der Waals surface area (Å²) in [6.07, 6.45) is 3.24. The molecule has 4 aromatic rings. The Labute approximate surface area is 241 Å². The maximum Gasteiger partial charge on any atom is 0.276 e. The molecule has 2 aliphatic rings. The van der Waals surface area contributed by atoms with Crippen molar-refractivity contribution in [2.45, 2.75) is 58.4 Å². The summed E-state index contributed by atoms with van der Waals surface area (Å²) in [5.74, 6) is -3.83. The van der Waals surface area contributed by atoms with Gasteiger partial charge in [-0.2, -0.15) is 0 Å². The van der Waals surface area contributed by atoms with E-state index in [0.717, 1.165) is 34.5 Å². The Kier molecular flexibility index (Phi) is 6.83. The van der Waals surface area contributed by atoms with Gasteiger partial charge in [0.1, 0.15) is 29.1 Å². The SMILES string of the molecule is Cc1c[nH]c(C)c1-c1ccc(NC(=O)[C@@H](NC(=O)c2nonc2C(C)C)C2c3c(F)cc(F)cc3OCC23CC3)cc1. The van der Waals surface area contributed by atoms with Gasteiger partial charge in [-0.25, -0.2) is 13.4 Å². The normalized spacial score (nSPS) is 17.5. The van der Waals surface area contributed by atoms with Gasteiger partial charge in [0.15, 0.2) is 5.69 Å². The smallest absolute Gasteiger partial charge is 0.276 e. The molecule has 2 amide bonds. The number of aromatic nitrogens is 3. The van der Waals surface area contributed by atoms with Gasteiger partial charge in [0.05, 0.1) is 6.61 Å². The molecule has 2 aromatic heterocycles. The third-order valence-electron chi connectivity index (χ3n) is 8.33. The number of nitrogens with one attached hydrogen (secondary N) is 3. The molecule has 218 valence electrons. The summed E-state index contributed by atoms with van der Waals surface area (Å²) in [5, 5.41) is 13.3. The van der Waals surface area contributed by atoms with E-state index in [4.69, 9.17) is 9.37 Å². The first kappa shape index (κ1) is 27.6. The van der Waals surface area contributed by atoms with Crippen LogP contribution < -0.4 is 15.4 Å². The van der Waals surface area contributed by atoms with Gasteiger partial charge >= 0.3 is 0 Å². The van der Waals surface area contributed by atoms with Gasteiger partial charge in [-0.15, -0.1) is 0 Å². The summed E-state index contributed by atoms with van der Waals surface area (Å²) in [6.45, 7) is 7.84. The largest absolute Gasteiger partial charge is 0.492 e. The second kappa shape index (κ2) is 10.4. The highest BCUT2D eigenvalue weighted by molar-refractivity contribution is 6.01. The number of carbonyl (C=O) groups is 2. The van der Waals surface area contributed by atoms with Gasteiger partial charge in [-0.1, -0.05) is 31.1 Å². The minimum atomic E-state index is -1.24. The molecule has 1 aliphatic heterocycles. The fraction of sp³-hybridized carbons (Fsp3) is 0.355. The molecule has 1 aliphatic carbocycles. The van der Waals surface area contributed by atoms with Crippen molar-refractivity contribution < 1.29 is 27.7 Å². The number of rotatable bonds is 7. The van der Waals surface area contributed by atoms with Crippen molar-refractivity contribution in [1.82, 2.24) is 20.6 Å². The molecule has 1 unspecified atom stereocenters. The lowest BCUT2D eigenvalue weighted by atomic mass is 9.75. The van der Waals surface area contributed by atoms with Crippen LogP contribution in [0, 0.1) is 30.9 Å². The van der Waals surface area contributed by atoms with Crippen molar-refractivity contribution in [2.24, 2.45) is 5.41 Å². The van der Waals surface area contributed by atoms with Crippen LogP contribution in [0.1, 0.15) is 71.5 Å². The van der Waals surface area contributed by atoms with Gasteiger partial charge in [0.2, 0.25) is 5.91 Å². The maximum atomic E-state index is 15.4. The molecule has 1 saturated carbocycles. The summed E-state index contributed by atoms with van der Waals surface area (Å²) in [5.41, 5.74) is 4.43. The third kappa shape index (κ3) is 4.82. The van der Waals surface area contributed by atoms with Crippen molar-refractivity contribution in [1.29, 1.82) is 0 Å². The van der Waals surface area contributed by atoms with Crippen molar-refractivity contribution in [3.05, 3.63) is 82.4 Å². The molecule has 2 aromatic carbocycles. The van der Waals surface area contributed by atoms with Gasteiger partial charge in [-0.05, 0) is 55.1 Å². The molecule has 9 nitrogen and oxygen atoms in total. The van der Waals surface area contributed by atoms with Crippen molar-refractivity contribution in [3.63, 3.8) is 0 Å². The Balaban J connectivity index is 1.36. The minimum absolute atomic E-state index is 0.0228. The molecule has 2 atom stereocenters. The zero-order valence-corrected chi connectivity index (χ0v) is 23.7. The number of anilines is 1. The van der Waals surface area contributed by atoms with Gasteiger partial charge in [0, 0.05) is 58.1 Å². The summed E-state index contributed by atoms with van der Waals surface area (Å²) in [6, 6.07) is 7.99. The summed E-state index contributed by atoms with van der Waals surface area (Å²) >= 11 is 0. The molecule has 11 heteroatoms. The van der Waals surface area contributed by atoms with Gasteiger partial charge in [0.25, 0.3) is 5.91 Å². The van der Waals surface area contributed by atoms with E-state index >= 15 is 4.39 Å². The molecule has 0 radical (unpaired) electrons. The van der Waals surface area contributed by atoms with Gasteiger partial charge < -0.3 is 20.4 Å². The fourth-order valence-corrected chi connectivity index (χ4v) is 6.02. The van der Waals surface area contributed by atoms with E-state index in [0.29, 0.717) is 24.2 Å². The minimum Gasteiger partial charge on any atom is -0.492 e. The monoisotopic (exact) mass is 575 g/mol. The van der Waals surface area contributed by atoms with Crippen LogP contribution in [0.4, 0.5) is 14.5 Å². The number of benzene rings is 2. The predicted octanol–water partition coefficient (Wildman–Crippen LogP) is 5.78. The standard InChI is InChI=1S/C31H31F2N5O4/c1-15(2)26-28(38-42-37-26)30(40)36-27(25-24-21(33)11-19(32)12-22(24)41-14-31(25)9-10-31)29(39)35-20-7-5-18(6-8-20)23-16(3)13-34-17(23)4/h5-8,11-13,15,25,27,34H,9-10,14H2,1-4H3,(H,35,39)(H,36,40)/t25?,27-/m0/s1. The Hall–Kier alpha value is -4.54. The molecule has 0 saturated heterocycles. The van der Waals surface area contributed by atoms with Crippen LogP contribution in [0.3, 0.4) is 0 Å². The molecule has 42 heavy (non-hydrogen) atoms. The molecule has 6 rings (SSSR count). The van der Waals surface area contributed by atoms with Gasteiger partial charge in [-0.3, -0.25) is 9.59 Å². The quantitative estimate of drug-likeness (QED) is 0.257. The predicted molar refractivity (Wildman–Crippen MR) is 150 cm³/mol. The molecule has 1 fully saturated rings. The van der Waals surface area contributed by atoms with Crippen molar-refractivity contribution >= 4 is 17.5 Å². The molecular weight excluding hydrogens is 544 g/mol. The van der Waals surface area contributed by atoms with E-state index in [2.05, 4.69) is 25.9 Å². The van der Waals surface area contributed by atoms with E-state index in [1.54, 1.807) is 12.1 Å². The van der Waals surface area contributed by atoms with E-state index in [1.807, 2.05) is 46.0 Å². The highest BCUT2D eigenvalue weighted by atomic mass is 19.1. The summed E-state index contributed by atoms with van der Waals surface area (Å²) in [4.78, 5) is 30.8. The highest BCUT2D eigenvalue weighted by Crippen LogP contribution is 2.61. The first-order valence-electron chi connectivity index (χ1n) is 13.9. The number of aromatic amines is 1. The van der Waals surface area contributed by atoms with E-state index in [-0.39, 0.29) is 29.5 Å². The van der Waals surface area contributed by atoms with Crippen LogP contribution in [0.5, 0.6) is 5.75 Å². The zero-order valence-electron chi connectivity index (χ0n) is 23.7. The summed E-state index contributed by atoms with van der Waals surface area (Å²) < 4.78 is 40.2. The Morgan fingerprint density at radius 2 is 1.83 bits per heavy atom. The fourth-order valence-electron chi connectivity index (χ4n) is 6.02. The number of amides is 2. The molecular formula is C31H31F2N5O4. The number of fused-ring (bicyclic) bond motifs is 1. The number of hydrogen-bond acceptors (Lipinski definition) is 6. The Morgan fingerprint density at radius 3 is 2.48 bits per heavy atom. The van der Waals surface area contributed by atoms with Crippen molar-refractivity contribution in [2.75, 3.05) is 11.9 Å². The third-order valence-corrected chi connectivity index (χ3v) is 8.33. The number of hydrogen-bond donors (Lipinski definition) is 3. The van der Waals surface area contributed by atoms with Crippen LogP contribution in [-0.4, -0.2) is 39.8 Å². The maximum absolute atomic E-state index is 15.4. The van der Waals surface area contributed by atoms with Crippen LogP contribution >= 0.6 is 0 Å². The lowest BCUT2D eigenvalue weighted by Gasteiger charge is -2.38. The number of halogens is 2. The zero-order chi connectivity index (χ0) is 29.8. The molecule has 1 spiro atoms. The highest BCUT2D eigenvalue weighted by Gasteiger charge is 2.59. The average molecular weight is 576 g/mol. The Morgan fingerprint density at radius 1 is 1.10 bits per heavy atom. The number of ether oxygens (including phenoxy) is 1. The Bertz CT molecular complexity index is 1650. The molecule has 3 N–H and O–H groups in total. The van der Waals surface area contributed by atoms with Crippen LogP contribution in [0.25, 0.3) is 11.1 Å². The lowest BCUT2D eigenvalue weighted by Crippen LogP contribution is -2.52. The molecule has 0 bridgehead atoms. The number of nitrogens with zero attached hydrogens (tertiary/aromatic N) is 2. The van der Waals surface area contributed by atoms with E-state index in [9.17, 15) is 14.0 Å². The summed E-state index contributed by atoms with van der Waals surface area (Å²) in [7, 11) is 0. The number of H-pyrrole nitrogens is 1. The van der Waals surface area contributed by atoms with Crippen LogP contribution in [0.2, 0.25) is 0 Å². The van der Waals surface area contributed by atoms with Crippen LogP contribution in [0.15, 0.2) is 47.2 Å². The van der Waals surface area contributed by atoms with Crippen molar-refractivity contribution in [3.8, 4) is 16.9 Å². The first-order valence-corrected chi connectivity index (χ1v) is 13.9. The topological polar surface area (TPSA) is 122 Å². The van der Waals surface area contributed by atoms with E-state index < -0.39 is 40.8 Å². The number of carbonyl (C=O) groups excluding carboxylic acids is 2. The van der Waals surface area contributed by atoms with Crippen LogP contribution in [-0.2, 0) is 4.79 Å². The second-order valence-electron chi connectivity index (χ2n) is 11.6. The first-order chi connectivity index (χ1) is 20.1. The van der Waals surface area contributed by atoms with E-state index in [1.165, 1.54) is 0 Å². The molecule has 3 heterocycles.